The second kappa shape index (κ2) is 10.4. The predicted octanol–water partition coefficient (Wildman–Crippen LogP) is 5.19. The lowest BCUT2D eigenvalue weighted by atomic mass is 9.95. The van der Waals surface area contributed by atoms with Crippen molar-refractivity contribution in [2.75, 3.05) is 12.4 Å². The Bertz CT molecular complexity index is 1710. The topological polar surface area (TPSA) is 72.7 Å². The van der Waals surface area contributed by atoms with Crippen LogP contribution < -0.4 is 24.9 Å². The van der Waals surface area contributed by atoms with Crippen LogP contribution in [0.2, 0.25) is 10.0 Å². The van der Waals surface area contributed by atoms with Crippen molar-refractivity contribution in [3.63, 3.8) is 0 Å². The molecule has 0 radical (unpaired) electrons. The fourth-order valence-corrected chi connectivity index (χ4v) is 5.65. The Kier molecular flexibility index (Phi) is 7.02. The van der Waals surface area contributed by atoms with Gasteiger partial charge in [0.2, 0.25) is 0 Å². The Hall–Kier alpha value is -3.65. The first-order valence-corrected chi connectivity index (χ1v) is 12.9. The molecule has 2 heterocycles. The fraction of sp³-hybridized carbons (Fsp3) is 0.107. The predicted molar refractivity (Wildman–Crippen MR) is 148 cm³/mol. The van der Waals surface area contributed by atoms with E-state index in [1.165, 1.54) is 11.3 Å². The number of hydrogen-bond acceptors (Lipinski definition) is 5. The summed E-state index contributed by atoms with van der Waals surface area (Å²) in [6.07, 6.45) is 1.76. The van der Waals surface area contributed by atoms with Gasteiger partial charge in [-0.15, -0.1) is 0 Å². The van der Waals surface area contributed by atoms with Crippen LogP contribution >= 0.6 is 34.5 Å². The third-order valence-corrected chi connectivity index (χ3v) is 7.49. The molecule has 186 valence electrons. The second-order valence-corrected chi connectivity index (χ2v) is 10.2. The molecule has 0 saturated carbocycles. The van der Waals surface area contributed by atoms with Crippen LogP contribution in [0.3, 0.4) is 0 Å². The summed E-state index contributed by atoms with van der Waals surface area (Å²) in [7, 11) is 1.55. The van der Waals surface area contributed by atoms with Crippen LogP contribution in [0.4, 0.5) is 5.69 Å². The molecule has 5 rings (SSSR count). The minimum Gasteiger partial charge on any atom is -0.495 e. The molecule has 1 aromatic heterocycles. The Balaban J connectivity index is 1.66. The maximum Gasteiger partial charge on any atom is 0.271 e. The first kappa shape index (κ1) is 25.0. The van der Waals surface area contributed by atoms with Gasteiger partial charge in [0.15, 0.2) is 4.80 Å². The Morgan fingerprint density at radius 1 is 1.08 bits per heavy atom. The summed E-state index contributed by atoms with van der Waals surface area (Å²) in [6, 6.07) is 20.9. The van der Waals surface area contributed by atoms with Crippen LogP contribution in [0.5, 0.6) is 5.75 Å². The van der Waals surface area contributed by atoms with Crippen LogP contribution in [0.25, 0.3) is 6.08 Å². The van der Waals surface area contributed by atoms with Crippen LogP contribution in [-0.4, -0.2) is 17.6 Å². The molecule has 1 atom stereocenters. The van der Waals surface area contributed by atoms with Gasteiger partial charge in [0.1, 0.15) is 5.75 Å². The molecule has 3 aromatic carbocycles. The molecule has 0 spiro atoms. The van der Waals surface area contributed by atoms with E-state index in [4.69, 9.17) is 27.9 Å². The number of allylic oxidation sites excluding steroid dienone is 1. The fourth-order valence-electron chi connectivity index (χ4n) is 4.22. The van der Waals surface area contributed by atoms with Crippen molar-refractivity contribution >= 4 is 52.2 Å². The van der Waals surface area contributed by atoms with Gasteiger partial charge in [0, 0.05) is 10.7 Å². The standard InChI is InChI=1S/C28H21Cl2N3O3S/c1-16-24(26(34)32-20-6-4-3-5-7-20)25(18-9-11-19(29)12-10-18)33-27(35)23(37-28(33)31-16)15-17-8-13-22(36-2)21(30)14-17/h3-15,25H,1-2H3,(H,32,34)/b23-15+/t25-/m1/s1. The number of halogens is 2. The molecule has 0 fully saturated rings. The lowest BCUT2D eigenvalue weighted by molar-refractivity contribution is -0.113. The minimum atomic E-state index is -0.682. The Labute approximate surface area is 226 Å². The Morgan fingerprint density at radius 3 is 2.49 bits per heavy atom. The van der Waals surface area contributed by atoms with Crippen molar-refractivity contribution in [1.29, 1.82) is 0 Å². The summed E-state index contributed by atoms with van der Waals surface area (Å²) in [5, 5.41) is 3.94. The molecule has 1 N–H and O–H groups in total. The maximum atomic E-state index is 13.8. The first-order valence-electron chi connectivity index (χ1n) is 11.3. The number of methoxy groups -OCH3 is 1. The number of para-hydroxylation sites is 1. The molecule has 4 aromatic rings. The zero-order valence-corrected chi connectivity index (χ0v) is 22.2. The van der Waals surface area contributed by atoms with Crippen LogP contribution in [0.15, 0.2) is 93.9 Å². The first-order chi connectivity index (χ1) is 17.9. The van der Waals surface area contributed by atoms with Gasteiger partial charge in [-0.3, -0.25) is 14.2 Å². The number of carbonyl (C=O) groups excluding carboxylic acids is 1. The highest BCUT2D eigenvalue weighted by Crippen LogP contribution is 2.31. The summed E-state index contributed by atoms with van der Waals surface area (Å²) < 4.78 is 7.26. The number of rotatable bonds is 5. The van der Waals surface area contributed by atoms with E-state index in [1.807, 2.05) is 36.4 Å². The van der Waals surface area contributed by atoms with E-state index in [0.717, 1.165) is 11.1 Å². The number of benzene rings is 3. The number of thiazole rings is 1. The van der Waals surface area contributed by atoms with Gasteiger partial charge < -0.3 is 10.1 Å². The van der Waals surface area contributed by atoms with Crippen LogP contribution in [0, 0.1) is 0 Å². The zero-order chi connectivity index (χ0) is 26.1. The van der Waals surface area contributed by atoms with Gasteiger partial charge in [-0.1, -0.05) is 70.9 Å². The molecule has 0 saturated heterocycles. The van der Waals surface area contributed by atoms with Crippen molar-refractivity contribution in [1.82, 2.24) is 4.57 Å². The molecule has 6 nitrogen and oxygen atoms in total. The summed E-state index contributed by atoms with van der Waals surface area (Å²) in [5.41, 5.74) is 2.81. The largest absolute Gasteiger partial charge is 0.495 e. The summed E-state index contributed by atoms with van der Waals surface area (Å²) >= 11 is 13.7. The summed E-state index contributed by atoms with van der Waals surface area (Å²) in [5.74, 6) is 0.219. The number of fused-ring (bicyclic) bond motifs is 1. The molecule has 1 aliphatic rings. The van der Waals surface area contributed by atoms with E-state index in [-0.39, 0.29) is 11.5 Å². The highest BCUT2D eigenvalue weighted by Gasteiger charge is 2.32. The number of anilines is 1. The summed E-state index contributed by atoms with van der Waals surface area (Å²) in [4.78, 5) is 32.5. The monoisotopic (exact) mass is 549 g/mol. The van der Waals surface area contributed by atoms with Gasteiger partial charge in [0.25, 0.3) is 11.5 Å². The van der Waals surface area contributed by atoms with Crippen LogP contribution in [-0.2, 0) is 4.79 Å². The number of ether oxygens (including phenoxy) is 1. The maximum absolute atomic E-state index is 13.8. The quantitative estimate of drug-likeness (QED) is 0.372. The number of nitrogens with zero attached hydrogens (tertiary/aromatic N) is 2. The van der Waals surface area contributed by atoms with E-state index in [9.17, 15) is 9.59 Å². The molecular formula is C28H21Cl2N3O3S. The van der Waals surface area contributed by atoms with Crippen LogP contribution in [0.1, 0.15) is 24.1 Å². The van der Waals surface area contributed by atoms with Gasteiger partial charge in [-0.05, 0) is 60.5 Å². The molecule has 0 unspecified atom stereocenters. The SMILES string of the molecule is COc1ccc(/C=c2/sc3n(c2=O)[C@H](c2ccc(Cl)cc2)C(C(=O)Nc2ccccc2)=C(C)N=3)cc1Cl. The molecule has 0 aliphatic carbocycles. The average Bonchev–Trinajstić information content (AvgIpc) is 3.18. The molecule has 1 amide bonds. The van der Waals surface area contributed by atoms with Gasteiger partial charge in [-0.2, -0.15) is 0 Å². The number of nitrogens with one attached hydrogen (secondary N) is 1. The van der Waals surface area contributed by atoms with Crippen molar-refractivity contribution in [3.05, 3.63) is 125 Å². The van der Waals surface area contributed by atoms with E-state index in [1.54, 1.807) is 61.1 Å². The Morgan fingerprint density at radius 2 is 1.81 bits per heavy atom. The number of hydrogen-bond donors (Lipinski definition) is 1. The van der Waals surface area contributed by atoms with Crippen molar-refractivity contribution in [3.8, 4) is 5.75 Å². The third-order valence-electron chi connectivity index (χ3n) is 5.96. The van der Waals surface area contributed by atoms with Crippen molar-refractivity contribution in [2.24, 2.45) is 4.99 Å². The molecule has 37 heavy (non-hydrogen) atoms. The van der Waals surface area contributed by atoms with Gasteiger partial charge >= 0.3 is 0 Å². The summed E-state index contributed by atoms with van der Waals surface area (Å²) in [6.45, 7) is 1.78. The molecule has 9 heteroatoms. The van der Waals surface area contributed by atoms with Gasteiger partial charge in [0.05, 0.1) is 34.0 Å². The van der Waals surface area contributed by atoms with E-state index in [2.05, 4.69) is 10.3 Å². The third kappa shape index (κ3) is 4.98. The normalized spacial score (nSPS) is 15.2. The minimum absolute atomic E-state index is 0.256. The highest BCUT2D eigenvalue weighted by atomic mass is 35.5. The zero-order valence-electron chi connectivity index (χ0n) is 19.9. The van der Waals surface area contributed by atoms with E-state index < -0.39 is 6.04 Å². The second-order valence-electron chi connectivity index (χ2n) is 8.35. The van der Waals surface area contributed by atoms with Crippen molar-refractivity contribution < 1.29 is 9.53 Å². The average molecular weight is 550 g/mol. The molecular weight excluding hydrogens is 529 g/mol. The van der Waals surface area contributed by atoms with Crippen molar-refractivity contribution in [2.45, 2.75) is 13.0 Å². The number of carbonyl (C=O) groups is 1. The number of aromatic nitrogens is 1. The number of amides is 1. The highest BCUT2D eigenvalue weighted by molar-refractivity contribution is 7.07. The smallest absolute Gasteiger partial charge is 0.271 e. The van der Waals surface area contributed by atoms with E-state index >= 15 is 0 Å². The molecule has 0 bridgehead atoms. The lowest BCUT2D eigenvalue weighted by Crippen LogP contribution is -2.40. The lowest BCUT2D eigenvalue weighted by Gasteiger charge is -2.25. The van der Waals surface area contributed by atoms with E-state index in [0.29, 0.717) is 42.1 Å². The van der Waals surface area contributed by atoms with Gasteiger partial charge in [-0.25, -0.2) is 4.99 Å². The molecule has 1 aliphatic heterocycles.